The summed E-state index contributed by atoms with van der Waals surface area (Å²) in [5.74, 6) is -3.11. The molecule has 1 amide bonds. The highest BCUT2D eigenvalue weighted by molar-refractivity contribution is 7.93. The lowest BCUT2D eigenvalue weighted by molar-refractivity contribution is -0.134. The zero-order valence-electron chi connectivity index (χ0n) is 8.58. The van der Waals surface area contributed by atoms with Crippen LogP contribution in [-0.2, 0) is 14.8 Å². The molecule has 8 heteroatoms. The van der Waals surface area contributed by atoms with Gasteiger partial charge in [-0.1, -0.05) is 0 Å². The Labute approximate surface area is 97.3 Å². The summed E-state index contributed by atoms with van der Waals surface area (Å²) in [6.45, 7) is 0. The number of carbonyl (C=O) groups is 2. The molecule has 0 aliphatic heterocycles. The van der Waals surface area contributed by atoms with E-state index in [1.54, 1.807) is 0 Å². The number of anilines is 1. The van der Waals surface area contributed by atoms with E-state index in [1.165, 1.54) is 24.3 Å². The van der Waals surface area contributed by atoms with Crippen LogP contribution in [0.5, 0.6) is 0 Å². The Morgan fingerprint density at radius 1 is 1.24 bits per heavy atom. The summed E-state index contributed by atoms with van der Waals surface area (Å²) in [5, 5.41) is 8.36. The van der Waals surface area contributed by atoms with Gasteiger partial charge < -0.3 is 10.8 Å². The maximum absolute atomic E-state index is 11.2. The van der Waals surface area contributed by atoms with Crippen LogP contribution in [0.15, 0.2) is 24.3 Å². The van der Waals surface area contributed by atoms with Gasteiger partial charge in [-0.05, 0) is 24.3 Å². The average Bonchev–Trinajstić information content (AvgIpc) is 2.15. The lowest BCUT2D eigenvalue weighted by Crippen LogP contribution is -2.22. The van der Waals surface area contributed by atoms with E-state index in [2.05, 4.69) is 4.72 Å². The number of carboxylic acid groups (broad SMARTS) is 1. The molecule has 7 nitrogen and oxygen atoms in total. The third-order valence-corrected chi connectivity index (χ3v) is 2.93. The molecule has 0 saturated carbocycles. The van der Waals surface area contributed by atoms with Crippen LogP contribution in [0.1, 0.15) is 10.4 Å². The van der Waals surface area contributed by atoms with Crippen LogP contribution >= 0.6 is 0 Å². The molecule has 92 valence electrons. The van der Waals surface area contributed by atoms with Gasteiger partial charge in [0.05, 0.1) is 0 Å². The normalized spacial score (nSPS) is 10.8. The summed E-state index contributed by atoms with van der Waals surface area (Å²) in [5.41, 5.74) is 5.39. The first kappa shape index (κ1) is 13.0. The van der Waals surface area contributed by atoms with E-state index < -0.39 is 27.7 Å². The van der Waals surface area contributed by atoms with Crippen molar-refractivity contribution in [2.24, 2.45) is 5.73 Å². The molecule has 0 saturated heterocycles. The fourth-order valence-corrected chi connectivity index (χ4v) is 1.97. The van der Waals surface area contributed by atoms with Crippen molar-refractivity contribution in [3.05, 3.63) is 29.8 Å². The van der Waals surface area contributed by atoms with E-state index in [1.807, 2.05) is 0 Å². The molecule has 1 aromatic carbocycles. The molecule has 0 unspecified atom stereocenters. The van der Waals surface area contributed by atoms with Crippen LogP contribution in [0.4, 0.5) is 5.69 Å². The highest BCUT2D eigenvalue weighted by Crippen LogP contribution is 2.11. The van der Waals surface area contributed by atoms with Crippen LogP contribution in [0.2, 0.25) is 0 Å². The summed E-state index contributed by atoms with van der Waals surface area (Å²) in [7, 11) is -3.93. The first-order valence-electron chi connectivity index (χ1n) is 4.42. The Morgan fingerprint density at radius 2 is 1.76 bits per heavy atom. The minimum Gasteiger partial charge on any atom is -0.480 e. The molecule has 0 radical (unpaired) electrons. The third-order valence-electron chi connectivity index (χ3n) is 1.76. The maximum atomic E-state index is 11.2. The van der Waals surface area contributed by atoms with Gasteiger partial charge in [-0.15, -0.1) is 0 Å². The summed E-state index contributed by atoms with van der Waals surface area (Å²) in [4.78, 5) is 21.0. The van der Waals surface area contributed by atoms with Crippen molar-refractivity contribution in [3.8, 4) is 0 Å². The Balaban J connectivity index is 2.82. The van der Waals surface area contributed by atoms with Gasteiger partial charge in [-0.2, -0.15) is 0 Å². The van der Waals surface area contributed by atoms with Crippen LogP contribution < -0.4 is 10.5 Å². The van der Waals surface area contributed by atoms with E-state index in [9.17, 15) is 18.0 Å². The molecule has 0 spiro atoms. The number of nitrogens with one attached hydrogen (secondary N) is 1. The minimum absolute atomic E-state index is 0.163. The van der Waals surface area contributed by atoms with Crippen molar-refractivity contribution in [2.45, 2.75) is 0 Å². The Hall–Kier alpha value is -2.09. The van der Waals surface area contributed by atoms with E-state index in [0.717, 1.165) is 0 Å². The molecule has 0 aromatic heterocycles. The van der Waals surface area contributed by atoms with E-state index in [4.69, 9.17) is 10.8 Å². The number of hydrogen-bond donors (Lipinski definition) is 3. The molecule has 0 aliphatic rings. The quantitative estimate of drug-likeness (QED) is 0.663. The number of aliphatic carboxylic acids is 1. The van der Waals surface area contributed by atoms with Crippen molar-refractivity contribution in [1.82, 2.24) is 0 Å². The monoisotopic (exact) mass is 258 g/mol. The molecule has 4 N–H and O–H groups in total. The molecule has 0 aliphatic carbocycles. The molecule has 0 bridgehead atoms. The van der Waals surface area contributed by atoms with E-state index in [0.29, 0.717) is 0 Å². The number of rotatable bonds is 5. The Kier molecular flexibility index (Phi) is 3.69. The summed E-state index contributed by atoms with van der Waals surface area (Å²) in [6, 6.07) is 5.31. The minimum atomic E-state index is -3.93. The largest absolute Gasteiger partial charge is 0.480 e. The fraction of sp³-hybridized carbons (Fsp3) is 0.111. The molecule has 0 heterocycles. The second-order valence-corrected chi connectivity index (χ2v) is 4.92. The predicted molar refractivity (Wildman–Crippen MR) is 60.0 cm³/mol. The Bertz CT molecular complexity index is 535. The molecular formula is C9H10N2O5S. The molecule has 0 atom stereocenters. The number of sulfonamides is 1. The smallest absolute Gasteiger partial charge is 0.320 e. The van der Waals surface area contributed by atoms with Crippen molar-refractivity contribution >= 4 is 27.6 Å². The predicted octanol–water partition coefficient (Wildman–Crippen LogP) is -0.388. The summed E-state index contributed by atoms with van der Waals surface area (Å²) in [6.07, 6.45) is 0. The van der Waals surface area contributed by atoms with Gasteiger partial charge >= 0.3 is 5.97 Å². The molecular weight excluding hydrogens is 248 g/mol. The molecule has 0 fully saturated rings. The highest BCUT2D eigenvalue weighted by Gasteiger charge is 2.15. The number of carbonyl (C=O) groups excluding carboxylic acids is 1. The summed E-state index contributed by atoms with van der Waals surface area (Å²) < 4.78 is 24.5. The van der Waals surface area contributed by atoms with E-state index in [-0.39, 0.29) is 11.3 Å². The number of benzene rings is 1. The second kappa shape index (κ2) is 4.83. The molecule has 1 rings (SSSR count). The highest BCUT2D eigenvalue weighted by atomic mass is 32.2. The number of hydrogen-bond acceptors (Lipinski definition) is 4. The lowest BCUT2D eigenvalue weighted by atomic mass is 10.2. The first-order valence-corrected chi connectivity index (χ1v) is 6.07. The van der Waals surface area contributed by atoms with E-state index >= 15 is 0 Å². The zero-order valence-corrected chi connectivity index (χ0v) is 9.40. The third kappa shape index (κ3) is 4.11. The van der Waals surface area contributed by atoms with Gasteiger partial charge in [-0.3, -0.25) is 14.3 Å². The van der Waals surface area contributed by atoms with Crippen molar-refractivity contribution in [1.29, 1.82) is 0 Å². The molecule has 17 heavy (non-hydrogen) atoms. The topological polar surface area (TPSA) is 127 Å². The van der Waals surface area contributed by atoms with Gasteiger partial charge in [0.1, 0.15) is 0 Å². The number of carboxylic acids is 1. The number of amides is 1. The van der Waals surface area contributed by atoms with Gasteiger partial charge in [0, 0.05) is 11.3 Å². The van der Waals surface area contributed by atoms with Gasteiger partial charge in [0.25, 0.3) is 0 Å². The second-order valence-electron chi connectivity index (χ2n) is 3.20. The van der Waals surface area contributed by atoms with Crippen molar-refractivity contribution in [2.75, 3.05) is 10.5 Å². The summed E-state index contributed by atoms with van der Waals surface area (Å²) >= 11 is 0. The van der Waals surface area contributed by atoms with Crippen LogP contribution in [0.3, 0.4) is 0 Å². The van der Waals surface area contributed by atoms with Gasteiger partial charge in [0.15, 0.2) is 5.75 Å². The van der Waals surface area contributed by atoms with Gasteiger partial charge in [0.2, 0.25) is 15.9 Å². The average molecular weight is 258 g/mol. The zero-order chi connectivity index (χ0) is 13.1. The lowest BCUT2D eigenvalue weighted by Gasteiger charge is -2.06. The molecule has 1 aromatic rings. The Morgan fingerprint density at radius 3 is 2.18 bits per heavy atom. The standard InChI is InChI=1S/C9H10N2O5S/c10-9(14)6-1-3-7(4-2-6)11-17(15,16)5-8(12)13/h1-4,11H,5H2,(H2,10,14)(H,12,13). The van der Waals surface area contributed by atoms with Gasteiger partial charge in [-0.25, -0.2) is 8.42 Å². The SMILES string of the molecule is NC(=O)c1ccc(NS(=O)(=O)CC(=O)O)cc1. The van der Waals surface area contributed by atoms with Crippen LogP contribution in [0, 0.1) is 0 Å². The number of primary amides is 1. The van der Waals surface area contributed by atoms with Crippen molar-refractivity contribution in [3.63, 3.8) is 0 Å². The first-order chi connectivity index (χ1) is 7.80. The fourth-order valence-electron chi connectivity index (χ4n) is 1.08. The van der Waals surface area contributed by atoms with Crippen LogP contribution in [-0.4, -0.2) is 31.2 Å². The number of nitrogens with two attached hydrogens (primary N) is 1. The van der Waals surface area contributed by atoms with Crippen LogP contribution in [0.25, 0.3) is 0 Å². The van der Waals surface area contributed by atoms with Crippen molar-refractivity contribution < 1.29 is 23.1 Å². The maximum Gasteiger partial charge on any atom is 0.320 e.